The molecule has 6 nitrogen and oxygen atoms in total. The van der Waals surface area contributed by atoms with E-state index < -0.39 is 18.0 Å². The van der Waals surface area contributed by atoms with Crippen molar-refractivity contribution in [2.75, 3.05) is 14.2 Å². The summed E-state index contributed by atoms with van der Waals surface area (Å²) in [6.45, 7) is 0. The number of rotatable bonds is 3. The van der Waals surface area contributed by atoms with Gasteiger partial charge in [0.25, 0.3) is 0 Å². The predicted molar refractivity (Wildman–Crippen MR) is 80.5 cm³/mol. The number of hydroxylamine groups is 2. The lowest BCUT2D eigenvalue weighted by Gasteiger charge is -2.44. The molecular weight excluding hydrogens is 298 g/mol. The van der Waals surface area contributed by atoms with Crippen LogP contribution in [0.3, 0.4) is 0 Å². The SMILES string of the molecule is COC(=O)C1OOC(c2ccccc2)(c2ccccc2)N(C)O1. The highest BCUT2D eigenvalue weighted by Crippen LogP contribution is 2.40. The number of nitrogens with zero attached hydrogens (tertiary/aromatic N) is 1. The number of ether oxygens (including phenoxy) is 1. The van der Waals surface area contributed by atoms with Crippen LogP contribution < -0.4 is 0 Å². The Bertz CT molecular complexity index is 622. The van der Waals surface area contributed by atoms with E-state index in [9.17, 15) is 4.79 Å². The fraction of sp³-hybridized carbons (Fsp3) is 0.235. The highest BCUT2D eigenvalue weighted by Gasteiger charge is 2.49. The zero-order chi connectivity index (χ0) is 16.3. The van der Waals surface area contributed by atoms with Crippen LogP contribution in [-0.4, -0.2) is 31.5 Å². The Hall–Kier alpha value is -2.25. The zero-order valence-corrected chi connectivity index (χ0v) is 12.8. The normalized spacial score (nSPS) is 20.9. The Kier molecular flexibility index (Phi) is 4.40. The van der Waals surface area contributed by atoms with E-state index in [4.69, 9.17) is 14.6 Å². The molecule has 1 heterocycles. The van der Waals surface area contributed by atoms with E-state index in [2.05, 4.69) is 4.74 Å². The van der Waals surface area contributed by atoms with Gasteiger partial charge in [-0.15, -0.1) is 5.06 Å². The highest BCUT2D eigenvalue weighted by molar-refractivity contribution is 5.72. The van der Waals surface area contributed by atoms with E-state index in [0.717, 1.165) is 11.1 Å². The molecule has 6 heteroatoms. The average Bonchev–Trinajstić information content (AvgIpc) is 2.62. The molecule has 1 unspecified atom stereocenters. The number of esters is 1. The van der Waals surface area contributed by atoms with Gasteiger partial charge in [-0.05, 0) is 0 Å². The van der Waals surface area contributed by atoms with Gasteiger partial charge in [-0.2, -0.15) is 9.78 Å². The van der Waals surface area contributed by atoms with Crippen molar-refractivity contribution in [3.05, 3.63) is 71.8 Å². The summed E-state index contributed by atoms with van der Waals surface area (Å²) in [7, 11) is 2.93. The summed E-state index contributed by atoms with van der Waals surface area (Å²) in [6.07, 6.45) is -1.27. The van der Waals surface area contributed by atoms with Gasteiger partial charge >= 0.3 is 12.3 Å². The van der Waals surface area contributed by atoms with Crippen LogP contribution in [-0.2, 0) is 29.9 Å². The third kappa shape index (κ3) is 2.73. The molecule has 1 saturated heterocycles. The molecule has 0 N–H and O–H groups in total. The van der Waals surface area contributed by atoms with Crippen LogP contribution >= 0.6 is 0 Å². The summed E-state index contributed by atoms with van der Waals surface area (Å²) < 4.78 is 4.62. The summed E-state index contributed by atoms with van der Waals surface area (Å²) in [4.78, 5) is 28.1. The lowest BCUT2D eigenvalue weighted by atomic mass is 9.94. The minimum atomic E-state index is -1.27. The van der Waals surface area contributed by atoms with Gasteiger partial charge in [-0.1, -0.05) is 60.7 Å². The first kappa shape index (κ1) is 15.6. The third-order valence-electron chi connectivity index (χ3n) is 3.68. The molecule has 0 aromatic heterocycles. The van der Waals surface area contributed by atoms with Crippen molar-refractivity contribution >= 4 is 5.97 Å². The minimum absolute atomic E-state index is 0.674. The van der Waals surface area contributed by atoms with Gasteiger partial charge in [-0.25, -0.2) is 9.63 Å². The van der Waals surface area contributed by atoms with Gasteiger partial charge in [0.2, 0.25) is 5.72 Å². The second kappa shape index (κ2) is 6.47. The van der Waals surface area contributed by atoms with Crippen LogP contribution in [0.1, 0.15) is 11.1 Å². The van der Waals surface area contributed by atoms with Crippen molar-refractivity contribution in [1.82, 2.24) is 5.06 Å². The monoisotopic (exact) mass is 315 g/mol. The summed E-state index contributed by atoms with van der Waals surface area (Å²) in [5, 5.41) is 1.46. The molecule has 1 aliphatic rings. The summed E-state index contributed by atoms with van der Waals surface area (Å²) in [6, 6.07) is 19.0. The maximum absolute atomic E-state index is 11.6. The molecular formula is C17H17NO5. The Morgan fingerprint density at radius 3 is 2.00 bits per heavy atom. The smallest absolute Gasteiger partial charge is 0.367 e. The number of benzene rings is 2. The lowest BCUT2D eigenvalue weighted by molar-refractivity contribution is -0.542. The molecule has 0 spiro atoms. The second-order valence-electron chi connectivity index (χ2n) is 5.01. The van der Waals surface area contributed by atoms with Crippen molar-refractivity contribution in [3.63, 3.8) is 0 Å². The predicted octanol–water partition coefficient (Wildman–Crippen LogP) is 2.21. The molecule has 1 fully saturated rings. The van der Waals surface area contributed by atoms with Crippen LogP contribution in [0.15, 0.2) is 60.7 Å². The maximum Gasteiger partial charge on any atom is 0.367 e. The first-order chi connectivity index (χ1) is 11.2. The molecule has 0 aliphatic carbocycles. The first-order valence-electron chi connectivity index (χ1n) is 7.12. The van der Waals surface area contributed by atoms with Crippen molar-refractivity contribution in [3.8, 4) is 0 Å². The van der Waals surface area contributed by atoms with Crippen molar-refractivity contribution in [1.29, 1.82) is 0 Å². The molecule has 23 heavy (non-hydrogen) atoms. The number of carbonyl (C=O) groups is 1. The van der Waals surface area contributed by atoms with Crippen LogP contribution in [0, 0.1) is 0 Å². The van der Waals surface area contributed by atoms with Crippen LogP contribution in [0.2, 0.25) is 0 Å². The Labute approximate surface area is 134 Å². The molecule has 1 atom stereocenters. The molecule has 120 valence electrons. The van der Waals surface area contributed by atoms with Gasteiger partial charge in [0.05, 0.1) is 7.11 Å². The van der Waals surface area contributed by atoms with Gasteiger partial charge in [0.15, 0.2) is 0 Å². The summed E-state index contributed by atoms with van der Waals surface area (Å²) in [5.74, 6) is -0.674. The molecule has 0 bridgehead atoms. The summed E-state index contributed by atoms with van der Waals surface area (Å²) in [5.41, 5.74) is 0.474. The topological polar surface area (TPSA) is 57.2 Å². The number of methoxy groups -OCH3 is 1. The molecule has 1 aliphatic heterocycles. The fourth-order valence-corrected chi connectivity index (χ4v) is 2.53. The molecule has 2 aromatic carbocycles. The Balaban J connectivity index is 2.03. The van der Waals surface area contributed by atoms with E-state index in [-0.39, 0.29) is 0 Å². The minimum Gasteiger partial charge on any atom is -0.465 e. The largest absolute Gasteiger partial charge is 0.465 e. The first-order valence-corrected chi connectivity index (χ1v) is 7.12. The quantitative estimate of drug-likeness (QED) is 0.639. The van der Waals surface area contributed by atoms with Crippen molar-refractivity contribution < 1.29 is 24.1 Å². The molecule has 2 aromatic rings. The Morgan fingerprint density at radius 1 is 1.04 bits per heavy atom. The highest BCUT2D eigenvalue weighted by atomic mass is 17.3. The number of hydrogen-bond acceptors (Lipinski definition) is 6. The van der Waals surface area contributed by atoms with E-state index >= 15 is 0 Å². The summed E-state index contributed by atoms with van der Waals surface area (Å²) >= 11 is 0. The average molecular weight is 315 g/mol. The van der Waals surface area contributed by atoms with Crippen LogP contribution in [0.25, 0.3) is 0 Å². The lowest BCUT2D eigenvalue weighted by Crippen LogP contribution is -2.55. The molecule has 0 amide bonds. The molecule has 0 radical (unpaired) electrons. The van der Waals surface area contributed by atoms with Gasteiger partial charge in [-0.3, -0.25) is 0 Å². The maximum atomic E-state index is 11.6. The van der Waals surface area contributed by atoms with Gasteiger partial charge in [0.1, 0.15) is 0 Å². The van der Waals surface area contributed by atoms with Gasteiger partial charge < -0.3 is 4.74 Å². The standard InChI is InChI=1S/C17H17NO5/c1-18-17(13-9-5-3-6-10-13,14-11-7-4-8-12-14)23-22-16(21-18)15(19)20-2/h3-12,16H,1-2H3. The molecule has 0 saturated carbocycles. The van der Waals surface area contributed by atoms with Crippen LogP contribution in [0.4, 0.5) is 0 Å². The van der Waals surface area contributed by atoms with E-state index in [0.29, 0.717) is 0 Å². The third-order valence-corrected chi connectivity index (χ3v) is 3.68. The zero-order valence-electron chi connectivity index (χ0n) is 12.8. The van der Waals surface area contributed by atoms with E-state index in [1.165, 1.54) is 12.2 Å². The van der Waals surface area contributed by atoms with Crippen LogP contribution in [0.5, 0.6) is 0 Å². The van der Waals surface area contributed by atoms with E-state index in [1.54, 1.807) is 7.05 Å². The number of hydrogen-bond donors (Lipinski definition) is 0. The number of carbonyl (C=O) groups excluding carboxylic acids is 1. The van der Waals surface area contributed by atoms with Gasteiger partial charge in [0, 0.05) is 18.2 Å². The second-order valence-corrected chi connectivity index (χ2v) is 5.01. The van der Waals surface area contributed by atoms with Crippen molar-refractivity contribution in [2.24, 2.45) is 0 Å². The Morgan fingerprint density at radius 2 is 1.57 bits per heavy atom. The van der Waals surface area contributed by atoms with E-state index in [1.807, 2.05) is 60.7 Å². The fourth-order valence-electron chi connectivity index (χ4n) is 2.53. The molecule has 3 rings (SSSR count). The van der Waals surface area contributed by atoms with Crippen molar-refractivity contribution in [2.45, 2.75) is 12.0 Å².